The molecule has 2 aromatic heterocycles. The summed E-state index contributed by atoms with van der Waals surface area (Å²) < 4.78 is 0. The van der Waals surface area contributed by atoms with Gasteiger partial charge in [-0.25, -0.2) is 4.98 Å². The summed E-state index contributed by atoms with van der Waals surface area (Å²) in [5.74, 6) is 0.113. The van der Waals surface area contributed by atoms with E-state index in [9.17, 15) is 5.11 Å². The Morgan fingerprint density at radius 1 is 0.857 bits per heavy atom. The molecule has 5 rings (SSSR count). The van der Waals surface area contributed by atoms with Crippen molar-refractivity contribution in [3.8, 4) is 17.1 Å². The zero-order valence-corrected chi connectivity index (χ0v) is 15.0. The van der Waals surface area contributed by atoms with E-state index in [-0.39, 0.29) is 5.88 Å². The number of nitrogen functional groups attached to an aromatic ring is 1. The highest BCUT2D eigenvalue weighted by Gasteiger charge is 2.16. The van der Waals surface area contributed by atoms with Gasteiger partial charge in [0.2, 0.25) is 0 Å². The molecule has 5 aromatic rings. The molecule has 0 saturated carbocycles. The zero-order chi connectivity index (χ0) is 19.1. The Morgan fingerprint density at radius 2 is 1.57 bits per heavy atom. The maximum atomic E-state index is 10.5. The number of hydrogen-bond donors (Lipinski definition) is 4. The van der Waals surface area contributed by atoms with E-state index in [0.29, 0.717) is 11.3 Å². The number of pyridine rings is 1. The van der Waals surface area contributed by atoms with Crippen LogP contribution in [-0.2, 0) is 0 Å². The van der Waals surface area contributed by atoms with E-state index >= 15 is 0 Å². The van der Waals surface area contributed by atoms with Crippen LogP contribution < -0.4 is 11.1 Å². The van der Waals surface area contributed by atoms with Gasteiger partial charge in [-0.1, -0.05) is 36.4 Å². The summed E-state index contributed by atoms with van der Waals surface area (Å²) in [4.78, 5) is 7.84. The Morgan fingerprint density at radius 3 is 2.39 bits per heavy atom. The second-order valence-corrected chi connectivity index (χ2v) is 6.71. The number of aromatic nitrogens is 2. The van der Waals surface area contributed by atoms with E-state index < -0.39 is 0 Å². The highest BCUT2D eigenvalue weighted by atomic mass is 16.3. The van der Waals surface area contributed by atoms with Crippen LogP contribution in [0.4, 0.5) is 17.1 Å². The van der Waals surface area contributed by atoms with Crippen molar-refractivity contribution in [3.63, 3.8) is 0 Å². The number of para-hydroxylation sites is 2. The molecule has 0 radical (unpaired) electrons. The number of nitrogens with two attached hydrogens (primary N) is 1. The first-order valence-electron chi connectivity index (χ1n) is 9.01. The molecule has 5 N–H and O–H groups in total. The third-order valence-corrected chi connectivity index (χ3v) is 4.85. The van der Waals surface area contributed by atoms with Crippen LogP contribution >= 0.6 is 0 Å². The first-order valence-corrected chi connectivity index (χ1v) is 9.01. The van der Waals surface area contributed by atoms with E-state index in [4.69, 9.17) is 10.7 Å². The third kappa shape index (κ3) is 2.70. The molecule has 5 heteroatoms. The van der Waals surface area contributed by atoms with Crippen LogP contribution in [0.3, 0.4) is 0 Å². The first-order chi connectivity index (χ1) is 13.7. The topological polar surface area (TPSA) is 87.0 Å². The molecule has 2 heterocycles. The number of benzene rings is 3. The lowest BCUT2D eigenvalue weighted by atomic mass is 10.1. The number of rotatable bonds is 3. The van der Waals surface area contributed by atoms with Crippen LogP contribution in [0.5, 0.6) is 5.88 Å². The fraction of sp³-hybridized carbons (Fsp3) is 0. The summed E-state index contributed by atoms with van der Waals surface area (Å²) in [7, 11) is 0. The molecule has 0 bridgehead atoms. The van der Waals surface area contributed by atoms with Crippen molar-refractivity contribution >= 4 is 38.9 Å². The van der Waals surface area contributed by atoms with Crippen molar-refractivity contribution in [2.45, 2.75) is 0 Å². The Balaban J connectivity index is 1.72. The van der Waals surface area contributed by atoms with Crippen LogP contribution in [0.1, 0.15) is 0 Å². The van der Waals surface area contributed by atoms with Crippen molar-refractivity contribution in [2.24, 2.45) is 0 Å². The molecule has 0 fully saturated rings. The smallest absolute Gasteiger partial charge is 0.199 e. The predicted molar refractivity (Wildman–Crippen MR) is 115 cm³/mol. The van der Waals surface area contributed by atoms with Crippen molar-refractivity contribution in [3.05, 3.63) is 78.9 Å². The molecule has 0 amide bonds. The Kier molecular flexibility index (Phi) is 3.66. The summed E-state index contributed by atoms with van der Waals surface area (Å²) in [6.45, 7) is 0. The molecule has 0 aliphatic heterocycles. The molecule has 0 spiro atoms. The van der Waals surface area contributed by atoms with Gasteiger partial charge < -0.3 is 21.1 Å². The number of aromatic amines is 1. The van der Waals surface area contributed by atoms with E-state index in [1.54, 1.807) is 0 Å². The van der Waals surface area contributed by atoms with Gasteiger partial charge in [0.15, 0.2) is 5.88 Å². The SMILES string of the molecule is Nc1ccc(Nc2cc(-c3c(O)[nH]c4ccccc34)nc3ccccc23)cc1. The molecular weight excluding hydrogens is 348 g/mol. The minimum Gasteiger partial charge on any atom is -0.494 e. The van der Waals surface area contributed by atoms with Crippen LogP contribution in [0.15, 0.2) is 78.9 Å². The Labute approximate surface area is 161 Å². The average Bonchev–Trinajstić information content (AvgIpc) is 3.05. The van der Waals surface area contributed by atoms with Crippen LogP contribution in [0.2, 0.25) is 0 Å². The van der Waals surface area contributed by atoms with E-state index in [1.807, 2.05) is 78.9 Å². The Hall–Kier alpha value is -3.99. The summed E-state index contributed by atoms with van der Waals surface area (Å²) in [5.41, 5.74) is 11.5. The lowest BCUT2D eigenvalue weighted by Crippen LogP contribution is -1.95. The maximum Gasteiger partial charge on any atom is 0.199 e. The van der Waals surface area contributed by atoms with Gasteiger partial charge in [0.25, 0.3) is 0 Å². The number of fused-ring (bicyclic) bond motifs is 2. The van der Waals surface area contributed by atoms with Crippen molar-refractivity contribution in [1.82, 2.24) is 9.97 Å². The highest BCUT2D eigenvalue weighted by Crippen LogP contribution is 2.38. The number of H-pyrrole nitrogens is 1. The first kappa shape index (κ1) is 16.2. The van der Waals surface area contributed by atoms with Crippen LogP contribution in [0.25, 0.3) is 33.1 Å². The van der Waals surface area contributed by atoms with E-state index in [1.165, 1.54) is 0 Å². The van der Waals surface area contributed by atoms with Crippen molar-refractivity contribution in [2.75, 3.05) is 11.1 Å². The van der Waals surface area contributed by atoms with Gasteiger partial charge in [-0.3, -0.25) is 0 Å². The minimum atomic E-state index is 0.113. The number of hydrogen-bond acceptors (Lipinski definition) is 4. The fourth-order valence-corrected chi connectivity index (χ4v) is 3.52. The molecule has 0 aliphatic rings. The fourth-order valence-electron chi connectivity index (χ4n) is 3.52. The molecule has 3 aromatic carbocycles. The van der Waals surface area contributed by atoms with Gasteiger partial charge in [0.05, 0.1) is 22.5 Å². The lowest BCUT2D eigenvalue weighted by molar-refractivity contribution is 0.460. The molecule has 0 atom stereocenters. The summed E-state index contributed by atoms with van der Waals surface area (Å²) >= 11 is 0. The lowest BCUT2D eigenvalue weighted by Gasteiger charge is -2.12. The number of anilines is 3. The van der Waals surface area contributed by atoms with Gasteiger partial charge in [-0.05, 0) is 42.5 Å². The Bertz CT molecular complexity index is 1310. The van der Waals surface area contributed by atoms with Crippen LogP contribution in [-0.4, -0.2) is 15.1 Å². The van der Waals surface area contributed by atoms with Gasteiger partial charge >= 0.3 is 0 Å². The summed E-state index contributed by atoms with van der Waals surface area (Å²) in [6.07, 6.45) is 0. The standard InChI is InChI=1S/C23H18N4O/c24-14-9-11-15(12-10-14)25-20-13-21(26-18-7-3-1-5-16(18)20)22-17-6-2-4-8-19(17)27-23(22)28/h1-13,27-28H,24H2,(H,25,26). The molecule has 136 valence electrons. The van der Waals surface area contributed by atoms with E-state index in [2.05, 4.69) is 10.3 Å². The highest BCUT2D eigenvalue weighted by molar-refractivity contribution is 6.02. The molecule has 0 unspecified atom stereocenters. The van der Waals surface area contributed by atoms with Crippen molar-refractivity contribution in [1.29, 1.82) is 0 Å². The minimum absolute atomic E-state index is 0.113. The average molecular weight is 366 g/mol. The second-order valence-electron chi connectivity index (χ2n) is 6.71. The summed E-state index contributed by atoms with van der Waals surface area (Å²) in [5, 5.41) is 15.9. The van der Waals surface area contributed by atoms with Gasteiger partial charge in [-0.2, -0.15) is 0 Å². The molecular formula is C23H18N4O. The van der Waals surface area contributed by atoms with Gasteiger partial charge in [-0.15, -0.1) is 0 Å². The predicted octanol–water partition coefficient (Wildman–Crippen LogP) is 5.41. The number of aromatic hydroxyl groups is 1. The number of nitrogens with one attached hydrogen (secondary N) is 2. The van der Waals surface area contributed by atoms with Crippen molar-refractivity contribution < 1.29 is 5.11 Å². The maximum absolute atomic E-state index is 10.5. The largest absolute Gasteiger partial charge is 0.494 e. The quantitative estimate of drug-likeness (QED) is 0.321. The monoisotopic (exact) mass is 366 g/mol. The zero-order valence-electron chi connectivity index (χ0n) is 15.0. The molecule has 28 heavy (non-hydrogen) atoms. The van der Waals surface area contributed by atoms with E-state index in [0.717, 1.165) is 38.9 Å². The van der Waals surface area contributed by atoms with Crippen LogP contribution in [0, 0.1) is 0 Å². The normalized spacial score (nSPS) is 11.1. The molecule has 0 saturated heterocycles. The van der Waals surface area contributed by atoms with Gasteiger partial charge in [0, 0.05) is 27.7 Å². The third-order valence-electron chi connectivity index (χ3n) is 4.85. The van der Waals surface area contributed by atoms with Gasteiger partial charge in [0.1, 0.15) is 0 Å². The molecule has 0 aliphatic carbocycles. The summed E-state index contributed by atoms with van der Waals surface area (Å²) in [6, 6.07) is 25.3. The second kappa shape index (κ2) is 6.32. The number of nitrogens with zero attached hydrogens (tertiary/aromatic N) is 1. The molecule has 5 nitrogen and oxygen atoms in total.